The Morgan fingerprint density at radius 2 is 1.95 bits per heavy atom. The molecule has 1 aromatic rings. The Morgan fingerprint density at radius 1 is 1.32 bits per heavy atom. The maximum absolute atomic E-state index is 13.4. The van der Waals surface area contributed by atoms with Crippen molar-refractivity contribution in [3.63, 3.8) is 0 Å². The van der Waals surface area contributed by atoms with E-state index in [9.17, 15) is 17.6 Å². The van der Waals surface area contributed by atoms with Gasteiger partial charge < -0.3 is 10.5 Å². The molecule has 0 spiro atoms. The summed E-state index contributed by atoms with van der Waals surface area (Å²) in [5.41, 5.74) is 6.35. The van der Waals surface area contributed by atoms with E-state index < -0.39 is 17.9 Å². The molecule has 0 aromatic heterocycles. The van der Waals surface area contributed by atoms with Crippen molar-refractivity contribution < 1.29 is 22.3 Å². The first-order valence-corrected chi connectivity index (χ1v) is 5.66. The second-order valence-electron chi connectivity index (χ2n) is 4.52. The summed E-state index contributed by atoms with van der Waals surface area (Å²) in [7, 11) is 0. The predicted octanol–water partition coefficient (Wildman–Crippen LogP) is 3.95. The first-order valence-electron chi connectivity index (χ1n) is 5.66. The molecule has 0 amide bonds. The molecule has 0 radical (unpaired) electrons. The normalized spacial score (nSPS) is 16.7. The van der Waals surface area contributed by atoms with Crippen LogP contribution in [0.15, 0.2) is 18.2 Å². The van der Waals surface area contributed by atoms with Crippen molar-refractivity contribution in [2.24, 2.45) is 11.7 Å². The summed E-state index contributed by atoms with van der Waals surface area (Å²) in [4.78, 5) is 0. The average Bonchev–Trinajstić information content (AvgIpc) is 3.03. The Kier molecular flexibility index (Phi) is 5.04. The van der Waals surface area contributed by atoms with Crippen LogP contribution in [0.1, 0.15) is 30.9 Å². The summed E-state index contributed by atoms with van der Waals surface area (Å²) in [6, 6.07) is 3.00. The first-order chi connectivity index (χ1) is 8.35. The van der Waals surface area contributed by atoms with Crippen molar-refractivity contribution in [2.75, 3.05) is 0 Å². The van der Waals surface area contributed by atoms with Gasteiger partial charge in [0.15, 0.2) is 11.6 Å². The van der Waals surface area contributed by atoms with Gasteiger partial charge in [-0.3, -0.25) is 0 Å². The molecule has 19 heavy (non-hydrogen) atoms. The molecule has 0 heterocycles. The molecule has 108 valence electrons. The van der Waals surface area contributed by atoms with Crippen LogP contribution in [0.4, 0.5) is 17.6 Å². The molecule has 1 saturated carbocycles. The quantitative estimate of drug-likeness (QED) is 0.855. The second kappa shape index (κ2) is 5.96. The van der Waals surface area contributed by atoms with Crippen LogP contribution in [-0.4, -0.2) is 6.36 Å². The fraction of sp³-hybridized carbons (Fsp3) is 0.500. The summed E-state index contributed by atoms with van der Waals surface area (Å²) in [6.07, 6.45) is -1.92. The summed E-state index contributed by atoms with van der Waals surface area (Å²) in [6.45, 7) is 0. The number of rotatable bonds is 4. The van der Waals surface area contributed by atoms with Crippen molar-refractivity contribution in [3.8, 4) is 5.75 Å². The van der Waals surface area contributed by atoms with Gasteiger partial charge in [-0.05, 0) is 30.0 Å². The Morgan fingerprint density at radius 3 is 2.42 bits per heavy atom. The molecule has 1 aromatic carbocycles. The maximum Gasteiger partial charge on any atom is 0.573 e. The van der Waals surface area contributed by atoms with Crippen LogP contribution in [0.25, 0.3) is 0 Å². The van der Waals surface area contributed by atoms with Crippen LogP contribution >= 0.6 is 12.4 Å². The smallest absolute Gasteiger partial charge is 0.403 e. The van der Waals surface area contributed by atoms with E-state index in [1.807, 2.05) is 0 Å². The van der Waals surface area contributed by atoms with E-state index in [1.165, 1.54) is 6.07 Å². The fourth-order valence-corrected chi connectivity index (χ4v) is 1.80. The van der Waals surface area contributed by atoms with Crippen LogP contribution in [0.2, 0.25) is 0 Å². The number of nitrogens with two attached hydrogens (primary N) is 1. The number of halogens is 5. The summed E-state index contributed by atoms with van der Waals surface area (Å²) in [5, 5.41) is 0. The van der Waals surface area contributed by atoms with Gasteiger partial charge in [0, 0.05) is 6.04 Å². The maximum atomic E-state index is 13.4. The third kappa shape index (κ3) is 4.87. The first kappa shape index (κ1) is 16.0. The minimum Gasteiger partial charge on any atom is -0.403 e. The molecule has 1 aliphatic rings. The lowest BCUT2D eigenvalue weighted by atomic mass is 10.0. The van der Waals surface area contributed by atoms with Crippen molar-refractivity contribution >= 4 is 12.4 Å². The van der Waals surface area contributed by atoms with Crippen LogP contribution in [-0.2, 0) is 0 Å². The highest BCUT2D eigenvalue weighted by Crippen LogP contribution is 2.37. The lowest BCUT2D eigenvalue weighted by Gasteiger charge is -2.14. The van der Waals surface area contributed by atoms with Gasteiger partial charge in [-0.15, -0.1) is 25.6 Å². The van der Waals surface area contributed by atoms with E-state index in [-0.39, 0.29) is 18.4 Å². The van der Waals surface area contributed by atoms with Gasteiger partial charge >= 0.3 is 6.36 Å². The van der Waals surface area contributed by atoms with Crippen LogP contribution in [0, 0.1) is 11.7 Å². The summed E-state index contributed by atoms with van der Waals surface area (Å²) < 4.78 is 52.8. The number of hydrogen-bond donors (Lipinski definition) is 1. The van der Waals surface area contributed by atoms with Gasteiger partial charge in [-0.1, -0.05) is 18.9 Å². The molecule has 1 atom stereocenters. The highest BCUT2D eigenvalue weighted by atomic mass is 35.5. The molecular formula is C12H14ClF4NO. The minimum atomic E-state index is -4.89. The molecule has 7 heteroatoms. The van der Waals surface area contributed by atoms with Crippen molar-refractivity contribution in [1.82, 2.24) is 0 Å². The molecule has 0 unspecified atom stereocenters. The van der Waals surface area contributed by atoms with E-state index in [4.69, 9.17) is 5.73 Å². The Labute approximate surface area is 114 Å². The van der Waals surface area contributed by atoms with Crippen LogP contribution < -0.4 is 10.5 Å². The number of hydrogen-bond acceptors (Lipinski definition) is 2. The molecule has 0 saturated heterocycles. The Hall–Kier alpha value is -1.01. The monoisotopic (exact) mass is 299 g/mol. The Bertz CT molecular complexity index is 434. The van der Waals surface area contributed by atoms with E-state index >= 15 is 0 Å². The van der Waals surface area contributed by atoms with Gasteiger partial charge in [0.25, 0.3) is 0 Å². The zero-order valence-electron chi connectivity index (χ0n) is 9.91. The van der Waals surface area contributed by atoms with E-state index in [0.717, 1.165) is 31.4 Å². The third-order valence-corrected chi connectivity index (χ3v) is 2.89. The zero-order chi connectivity index (χ0) is 13.3. The van der Waals surface area contributed by atoms with Crippen molar-refractivity contribution in [1.29, 1.82) is 0 Å². The second-order valence-corrected chi connectivity index (χ2v) is 4.52. The predicted molar refractivity (Wildman–Crippen MR) is 64.6 cm³/mol. The lowest BCUT2D eigenvalue weighted by Crippen LogP contribution is -2.18. The van der Waals surface area contributed by atoms with E-state index in [2.05, 4.69) is 4.74 Å². The van der Waals surface area contributed by atoms with Gasteiger partial charge in [-0.25, -0.2) is 4.39 Å². The number of ether oxygens (including phenoxy) is 1. The highest BCUT2D eigenvalue weighted by molar-refractivity contribution is 5.85. The van der Waals surface area contributed by atoms with Gasteiger partial charge in [0.2, 0.25) is 0 Å². The van der Waals surface area contributed by atoms with E-state index in [1.54, 1.807) is 0 Å². The number of alkyl halides is 3. The molecule has 0 aliphatic heterocycles. The lowest BCUT2D eigenvalue weighted by molar-refractivity contribution is -0.275. The van der Waals surface area contributed by atoms with E-state index in [0.29, 0.717) is 11.5 Å². The Balaban J connectivity index is 0.00000180. The highest BCUT2D eigenvalue weighted by Gasteiger charge is 2.32. The minimum absolute atomic E-state index is 0. The van der Waals surface area contributed by atoms with Crippen molar-refractivity contribution in [3.05, 3.63) is 29.6 Å². The SMILES string of the molecule is Cl.N[C@@H](CC1CC1)c1ccc(OC(F)(F)F)c(F)c1. The fourth-order valence-electron chi connectivity index (χ4n) is 1.80. The number of benzene rings is 1. The molecule has 2 nitrogen and oxygen atoms in total. The summed E-state index contributed by atoms with van der Waals surface area (Å²) in [5.74, 6) is -1.31. The third-order valence-electron chi connectivity index (χ3n) is 2.89. The van der Waals surface area contributed by atoms with Gasteiger partial charge in [-0.2, -0.15) is 0 Å². The largest absolute Gasteiger partial charge is 0.573 e. The standard InChI is InChI=1S/C12H13F4NO.ClH/c13-9-6-8(10(17)5-7-1-2-7)3-4-11(9)18-12(14,15)16;/h3-4,6-7,10H,1-2,5,17H2;1H/t10-;/m0./s1. The molecule has 0 bridgehead atoms. The van der Waals surface area contributed by atoms with Crippen molar-refractivity contribution in [2.45, 2.75) is 31.7 Å². The molecule has 2 N–H and O–H groups in total. The zero-order valence-corrected chi connectivity index (χ0v) is 10.7. The average molecular weight is 300 g/mol. The summed E-state index contributed by atoms with van der Waals surface area (Å²) >= 11 is 0. The molecule has 1 aliphatic carbocycles. The molecule has 2 rings (SSSR count). The van der Waals surface area contributed by atoms with Crippen LogP contribution in [0.5, 0.6) is 5.75 Å². The van der Waals surface area contributed by atoms with Gasteiger partial charge in [0.05, 0.1) is 0 Å². The molecule has 1 fully saturated rings. The topological polar surface area (TPSA) is 35.2 Å². The van der Waals surface area contributed by atoms with Crippen LogP contribution in [0.3, 0.4) is 0 Å². The van der Waals surface area contributed by atoms with Gasteiger partial charge in [0.1, 0.15) is 0 Å². The molecular weight excluding hydrogens is 286 g/mol.